The van der Waals surface area contributed by atoms with Gasteiger partial charge in [0.05, 0.1) is 6.42 Å². The molecule has 0 aliphatic rings. The number of aliphatic hydroxyl groups is 1. The lowest BCUT2D eigenvalue weighted by Gasteiger charge is -2.29. The van der Waals surface area contributed by atoms with E-state index in [4.69, 9.17) is 5.11 Å². The molecule has 0 bridgehead atoms. The van der Waals surface area contributed by atoms with Crippen molar-refractivity contribution < 1.29 is 34.2 Å². The van der Waals surface area contributed by atoms with Gasteiger partial charge in [-0.05, 0) is 25.3 Å². The molecule has 3 amide bonds. The number of nitrogens with one attached hydrogen (secondary N) is 3. The molecule has 0 saturated carbocycles. The molecule has 1 unspecified atom stereocenters. The van der Waals surface area contributed by atoms with E-state index in [9.17, 15) is 29.1 Å². The lowest BCUT2D eigenvalue weighted by atomic mass is 9.93. The standard InChI is InChI=1S/C22H31N3O7/c1-13(2)18(25-21(31)22(4,32)15-8-6-5-7-9-15)20(30)23-14(3)19(29)24-16(10-11-26)12-17(27)28/h5-9,11,13-14,16,18,32H,10,12H2,1-4H3,(H,23,30)(H,24,29)(H,25,31)(H,27,28)/t14-,16+,18-,22?/m0/s1. The van der Waals surface area contributed by atoms with E-state index in [0.717, 1.165) is 0 Å². The van der Waals surface area contributed by atoms with Gasteiger partial charge in [0.25, 0.3) is 5.91 Å². The molecule has 32 heavy (non-hydrogen) atoms. The molecule has 1 rings (SSSR count). The van der Waals surface area contributed by atoms with Crippen LogP contribution >= 0.6 is 0 Å². The predicted molar refractivity (Wildman–Crippen MR) is 115 cm³/mol. The fourth-order valence-corrected chi connectivity index (χ4v) is 2.93. The maximum absolute atomic E-state index is 12.8. The van der Waals surface area contributed by atoms with Crippen molar-refractivity contribution in [2.75, 3.05) is 0 Å². The summed E-state index contributed by atoms with van der Waals surface area (Å²) in [6.07, 6.45) is -0.123. The topological polar surface area (TPSA) is 162 Å². The van der Waals surface area contributed by atoms with Crippen molar-refractivity contribution >= 4 is 30.0 Å². The van der Waals surface area contributed by atoms with E-state index in [1.165, 1.54) is 13.8 Å². The zero-order chi connectivity index (χ0) is 24.5. The van der Waals surface area contributed by atoms with E-state index in [1.54, 1.807) is 44.2 Å². The molecule has 0 aliphatic carbocycles. The molecular formula is C22H31N3O7. The molecule has 0 radical (unpaired) electrons. The Morgan fingerprint density at radius 2 is 1.59 bits per heavy atom. The van der Waals surface area contributed by atoms with Crippen LogP contribution in [0.25, 0.3) is 0 Å². The van der Waals surface area contributed by atoms with Gasteiger partial charge in [-0.2, -0.15) is 0 Å². The van der Waals surface area contributed by atoms with Gasteiger partial charge in [0, 0.05) is 12.5 Å². The van der Waals surface area contributed by atoms with Gasteiger partial charge in [-0.25, -0.2) is 0 Å². The molecule has 0 heterocycles. The van der Waals surface area contributed by atoms with E-state index in [2.05, 4.69) is 16.0 Å². The Kier molecular flexibility index (Phi) is 9.99. The zero-order valence-electron chi connectivity index (χ0n) is 18.6. The van der Waals surface area contributed by atoms with Crippen molar-refractivity contribution in [2.45, 2.75) is 64.3 Å². The van der Waals surface area contributed by atoms with Gasteiger partial charge in [-0.3, -0.25) is 19.2 Å². The first-order chi connectivity index (χ1) is 14.9. The van der Waals surface area contributed by atoms with E-state index >= 15 is 0 Å². The van der Waals surface area contributed by atoms with Crippen LogP contribution < -0.4 is 16.0 Å². The summed E-state index contributed by atoms with van der Waals surface area (Å²) in [5.41, 5.74) is -1.52. The molecule has 0 fully saturated rings. The number of carbonyl (C=O) groups is 5. The Bertz CT molecular complexity index is 824. The van der Waals surface area contributed by atoms with Gasteiger partial charge in [0.15, 0.2) is 5.60 Å². The van der Waals surface area contributed by atoms with Crippen molar-refractivity contribution in [1.29, 1.82) is 0 Å². The van der Waals surface area contributed by atoms with Crippen LogP contribution in [-0.4, -0.2) is 58.3 Å². The molecule has 176 valence electrons. The third-order valence-corrected chi connectivity index (χ3v) is 4.91. The molecule has 0 saturated heterocycles. The van der Waals surface area contributed by atoms with Crippen molar-refractivity contribution in [3.63, 3.8) is 0 Å². The number of amides is 3. The quantitative estimate of drug-likeness (QED) is 0.282. The van der Waals surface area contributed by atoms with Crippen LogP contribution in [0.15, 0.2) is 30.3 Å². The van der Waals surface area contributed by atoms with Gasteiger partial charge in [0.2, 0.25) is 11.8 Å². The number of aldehydes is 1. The van der Waals surface area contributed by atoms with E-state index in [-0.39, 0.29) is 12.3 Å². The number of carboxylic acids is 1. The third-order valence-electron chi connectivity index (χ3n) is 4.91. The van der Waals surface area contributed by atoms with Gasteiger partial charge in [0.1, 0.15) is 18.4 Å². The Morgan fingerprint density at radius 3 is 2.09 bits per heavy atom. The number of carbonyl (C=O) groups excluding carboxylic acids is 4. The number of aliphatic carboxylic acids is 1. The van der Waals surface area contributed by atoms with Crippen molar-refractivity contribution in [1.82, 2.24) is 16.0 Å². The zero-order valence-corrected chi connectivity index (χ0v) is 18.6. The number of hydrogen-bond acceptors (Lipinski definition) is 6. The Labute approximate surface area is 186 Å². The summed E-state index contributed by atoms with van der Waals surface area (Å²) >= 11 is 0. The second-order valence-corrected chi connectivity index (χ2v) is 8.07. The summed E-state index contributed by atoms with van der Waals surface area (Å²) in [6.45, 7) is 6.10. The van der Waals surface area contributed by atoms with Crippen LogP contribution in [0.1, 0.15) is 46.1 Å². The summed E-state index contributed by atoms with van der Waals surface area (Å²) in [4.78, 5) is 59.4. The Hall–Kier alpha value is -3.27. The molecule has 0 spiro atoms. The van der Waals surface area contributed by atoms with Crippen LogP contribution in [0.4, 0.5) is 0 Å². The maximum atomic E-state index is 12.8. The van der Waals surface area contributed by atoms with E-state index in [0.29, 0.717) is 11.8 Å². The first-order valence-electron chi connectivity index (χ1n) is 10.2. The van der Waals surface area contributed by atoms with Crippen LogP contribution in [-0.2, 0) is 29.6 Å². The van der Waals surface area contributed by atoms with Crippen molar-refractivity contribution in [3.8, 4) is 0 Å². The highest BCUT2D eigenvalue weighted by Crippen LogP contribution is 2.21. The fourth-order valence-electron chi connectivity index (χ4n) is 2.93. The molecule has 0 aromatic heterocycles. The molecule has 1 aromatic rings. The first kappa shape index (κ1) is 26.8. The first-order valence-corrected chi connectivity index (χ1v) is 10.2. The van der Waals surface area contributed by atoms with Crippen LogP contribution in [0.2, 0.25) is 0 Å². The van der Waals surface area contributed by atoms with E-state index in [1.807, 2.05) is 0 Å². The van der Waals surface area contributed by atoms with Crippen LogP contribution in [0.3, 0.4) is 0 Å². The summed E-state index contributed by atoms with van der Waals surface area (Å²) in [5, 5.41) is 27.0. The Morgan fingerprint density at radius 1 is 1.00 bits per heavy atom. The molecule has 1 aromatic carbocycles. The minimum atomic E-state index is -1.88. The minimum absolute atomic E-state index is 0.183. The van der Waals surface area contributed by atoms with Gasteiger partial charge < -0.3 is 31.0 Å². The lowest BCUT2D eigenvalue weighted by Crippen LogP contribution is -2.57. The summed E-state index contributed by atoms with van der Waals surface area (Å²) < 4.78 is 0. The van der Waals surface area contributed by atoms with Crippen LogP contribution in [0.5, 0.6) is 0 Å². The lowest BCUT2D eigenvalue weighted by molar-refractivity contribution is -0.143. The second-order valence-electron chi connectivity index (χ2n) is 8.07. The molecule has 5 N–H and O–H groups in total. The average molecular weight is 450 g/mol. The SMILES string of the molecule is CC(C)[C@H](NC(=O)C(C)(O)c1ccccc1)C(=O)N[C@@H](C)C(=O)N[C@H](CC=O)CC(=O)O. The molecular weight excluding hydrogens is 418 g/mol. The molecule has 0 aliphatic heterocycles. The van der Waals surface area contributed by atoms with Crippen molar-refractivity contribution in [2.24, 2.45) is 5.92 Å². The van der Waals surface area contributed by atoms with E-state index < -0.39 is 53.8 Å². The highest BCUT2D eigenvalue weighted by Gasteiger charge is 2.36. The molecule has 10 nitrogen and oxygen atoms in total. The number of rotatable bonds is 12. The second kappa shape index (κ2) is 11.9. The average Bonchev–Trinajstić information content (AvgIpc) is 2.71. The molecule has 10 heteroatoms. The highest BCUT2D eigenvalue weighted by molar-refractivity contribution is 5.94. The smallest absolute Gasteiger partial charge is 0.305 e. The molecule has 4 atom stereocenters. The summed E-state index contributed by atoms with van der Waals surface area (Å²) in [5.74, 6) is -3.64. The normalized spacial score (nSPS) is 15.6. The number of hydrogen-bond donors (Lipinski definition) is 5. The third kappa shape index (κ3) is 7.77. The summed E-state index contributed by atoms with van der Waals surface area (Å²) in [7, 11) is 0. The van der Waals surface area contributed by atoms with Gasteiger partial charge >= 0.3 is 5.97 Å². The van der Waals surface area contributed by atoms with Gasteiger partial charge in [-0.15, -0.1) is 0 Å². The van der Waals surface area contributed by atoms with Gasteiger partial charge in [-0.1, -0.05) is 44.2 Å². The summed E-state index contributed by atoms with van der Waals surface area (Å²) in [6, 6.07) is 5.25. The fraction of sp³-hybridized carbons (Fsp3) is 0.500. The van der Waals surface area contributed by atoms with Crippen LogP contribution in [0, 0.1) is 5.92 Å². The minimum Gasteiger partial charge on any atom is -0.481 e. The maximum Gasteiger partial charge on any atom is 0.305 e. The number of carboxylic acid groups (broad SMARTS) is 1. The number of benzene rings is 1. The highest BCUT2D eigenvalue weighted by atomic mass is 16.4. The monoisotopic (exact) mass is 449 g/mol. The largest absolute Gasteiger partial charge is 0.481 e. The van der Waals surface area contributed by atoms with Crippen molar-refractivity contribution in [3.05, 3.63) is 35.9 Å². The Balaban J connectivity index is 2.83. The predicted octanol–water partition coefficient (Wildman–Crippen LogP) is 0.0881.